The Morgan fingerprint density at radius 3 is 2.48 bits per heavy atom. The van der Waals surface area contributed by atoms with Crippen LogP contribution in [0, 0.1) is 35.0 Å². The summed E-state index contributed by atoms with van der Waals surface area (Å²) in [5.74, 6) is 4.86. The number of hydrogen-bond donors (Lipinski definition) is 0. The molecule has 31 heavy (non-hydrogen) atoms. The highest BCUT2D eigenvalue weighted by Crippen LogP contribution is 2.64. The van der Waals surface area contributed by atoms with Gasteiger partial charge in [0.1, 0.15) is 0 Å². The maximum absolute atomic E-state index is 2.65. The van der Waals surface area contributed by atoms with Gasteiger partial charge in [-0.05, 0) is 128 Å². The van der Waals surface area contributed by atoms with Crippen molar-refractivity contribution in [3.63, 3.8) is 0 Å². The van der Waals surface area contributed by atoms with Gasteiger partial charge in [0.25, 0.3) is 0 Å². The van der Waals surface area contributed by atoms with Gasteiger partial charge in [-0.2, -0.15) is 0 Å². The zero-order valence-electron chi connectivity index (χ0n) is 19.7. The normalized spacial score (nSPS) is 39.7. The minimum atomic E-state index is 0.386. The Morgan fingerprint density at radius 1 is 0.839 bits per heavy atom. The smallest absolute Gasteiger partial charge is 0.00920 e. The van der Waals surface area contributed by atoms with Crippen LogP contribution in [0.3, 0.4) is 0 Å². The van der Waals surface area contributed by atoms with Crippen LogP contribution in [-0.2, 0) is 0 Å². The van der Waals surface area contributed by atoms with Gasteiger partial charge in [0.05, 0.1) is 0 Å². The van der Waals surface area contributed by atoms with Crippen LogP contribution in [-0.4, -0.2) is 25.0 Å². The van der Waals surface area contributed by atoms with Crippen molar-refractivity contribution in [2.75, 3.05) is 14.1 Å². The molecule has 2 aromatic rings. The maximum Gasteiger partial charge on any atom is 0.00920 e. The fourth-order valence-electron chi connectivity index (χ4n) is 8.67. The van der Waals surface area contributed by atoms with Gasteiger partial charge in [-0.15, -0.1) is 0 Å². The SMILES string of the molecule is CN(C)[C@@H]1CC[C@H]2[C@@H](CC[C@@H]3[C@@H]2CC[C@]2(C)C(c4ccc5ccccc5c4)=CC[C@@H]32)C1. The van der Waals surface area contributed by atoms with Gasteiger partial charge in [-0.1, -0.05) is 49.4 Å². The summed E-state index contributed by atoms with van der Waals surface area (Å²) < 4.78 is 0. The number of rotatable bonds is 2. The summed E-state index contributed by atoms with van der Waals surface area (Å²) in [4.78, 5) is 2.50. The van der Waals surface area contributed by atoms with E-state index >= 15 is 0 Å². The van der Waals surface area contributed by atoms with E-state index in [4.69, 9.17) is 0 Å². The van der Waals surface area contributed by atoms with Gasteiger partial charge in [-0.3, -0.25) is 0 Å². The van der Waals surface area contributed by atoms with E-state index in [0.29, 0.717) is 5.41 Å². The largest absolute Gasteiger partial charge is 0.306 e. The highest BCUT2D eigenvalue weighted by molar-refractivity contribution is 5.87. The molecule has 0 bridgehead atoms. The third-order valence-corrected chi connectivity index (χ3v) is 10.3. The van der Waals surface area contributed by atoms with E-state index in [-0.39, 0.29) is 0 Å². The van der Waals surface area contributed by atoms with Crippen molar-refractivity contribution in [1.29, 1.82) is 0 Å². The van der Waals surface area contributed by atoms with Crippen LogP contribution in [0.1, 0.15) is 63.9 Å². The molecule has 4 aliphatic rings. The molecule has 3 saturated carbocycles. The average Bonchev–Trinajstić information content (AvgIpc) is 3.15. The summed E-state index contributed by atoms with van der Waals surface area (Å²) in [6.45, 7) is 2.62. The second kappa shape index (κ2) is 7.48. The molecule has 6 rings (SSSR count). The second-order valence-electron chi connectivity index (χ2n) is 11.7. The van der Waals surface area contributed by atoms with Crippen LogP contribution in [0.5, 0.6) is 0 Å². The van der Waals surface area contributed by atoms with Crippen LogP contribution in [0.15, 0.2) is 48.5 Å². The Labute approximate surface area is 188 Å². The topological polar surface area (TPSA) is 3.24 Å². The molecule has 0 N–H and O–H groups in total. The highest BCUT2D eigenvalue weighted by Gasteiger charge is 2.54. The Kier molecular flexibility index (Phi) is 4.83. The van der Waals surface area contributed by atoms with E-state index in [1.54, 1.807) is 5.57 Å². The molecule has 164 valence electrons. The molecule has 0 aromatic heterocycles. The van der Waals surface area contributed by atoms with E-state index in [9.17, 15) is 0 Å². The molecule has 0 radical (unpaired) electrons. The maximum atomic E-state index is 2.65. The number of allylic oxidation sites excluding steroid dienone is 2. The lowest BCUT2D eigenvalue weighted by Gasteiger charge is -2.56. The molecule has 0 heterocycles. The Morgan fingerprint density at radius 2 is 1.65 bits per heavy atom. The molecule has 4 aliphatic carbocycles. The first-order valence-corrected chi connectivity index (χ1v) is 12.9. The van der Waals surface area contributed by atoms with Gasteiger partial charge in [-0.25, -0.2) is 0 Å². The molecule has 1 heteroatoms. The van der Waals surface area contributed by atoms with Gasteiger partial charge in [0.2, 0.25) is 0 Å². The molecule has 0 spiro atoms. The standard InChI is InChI=1S/C30H39N/c1-30-17-16-26-25-13-11-24(31(2)3)19-22(25)10-12-27(26)29(30)15-14-28(30)23-9-8-20-6-4-5-7-21(20)18-23/h4-9,14,18,22,24-27,29H,10-13,15-17,19H2,1-3H3/t22-,24+,25-,26+,27+,29-,30+/m0/s1. The minimum Gasteiger partial charge on any atom is -0.306 e. The van der Waals surface area contributed by atoms with Gasteiger partial charge >= 0.3 is 0 Å². The molecular weight excluding hydrogens is 374 g/mol. The highest BCUT2D eigenvalue weighted by atomic mass is 15.1. The monoisotopic (exact) mass is 413 g/mol. The Bertz CT molecular complexity index is 1000. The molecule has 3 fully saturated rings. The van der Waals surface area contributed by atoms with E-state index in [0.717, 1.165) is 35.6 Å². The number of fused-ring (bicyclic) bond motifs is 6. The molecule has 2 aromatic carbocycles. The zero-order valence-corrected chi connectivity index (χ0v) is 19.7. The van der Waals surface area contributed by atoms with Crippen molar-refractivity contribution in [2.45, 2.75) is 64.3 Å². The predicted molar refractivity (Wildman–Crippen MR) is 132 cm³/mol. The van der Waals surface area contributed by atoms with Gasteiger partial charge in [0, 0.05) is 6.04 Å². The van der Waals surface area contributed by atoms with Crippen LogP contribution < -0.4 is 0 Å². The van der Waals surface area contributed by atoms with Crippen molar-refractivity contribution in [2.24, 2.45) is 35.0 Å². The van der Waals surface area contributed by atoms with Crippen molar-refractivity contribution in [3.05, 3.63) is 54.1 Å². The fraction of sp³-hybridized carbons (Fsp3) is 0.600. The molecule has 0 unspecified atom stereocenters. The van der Waals surface area contributed by atoms with Crippen molar-refractivity contribution in [3.8, 4) is 0 Å². The number of hydrogen-bond acceptors (Lipinski definition) is 1. The molecule has 1 nitrogen and oxygen atoms in total. The van der Waals surface area contributed by atoms with Gasteiger partial charge < -0.3 is 4.90 Å². The third kappa shape index (κ3) is 3.14. The zero-order chi connectivity index (χ0) is 21.2. The summed E-state index contributed by atoms with van der Waals surface area (Å²) in [6.07, 6.45) is 14.2. The van der Waals surface area contributed by atoms with Crippen molar-refractivity contribution >= 4 is 16.3 Å². The van der Waals surface area contributed by atoms with Crippen LogP contribution in [0.2, 0.25) is 0 Å². The molecule has 0 aliphatic heterocycles. The van der Waals surface area contributed by atoms with Crippen LogP contribution >= 0.6 is 0 Å². The quantitative estimate of drug-likeness (QED) is 0.495. The molecule has 7 atom stereocenters. The van der Waals surface area contributed by atoms with E-state index < -0.39 is 0 Å². The summed E-state index contributed by atoms with van der Waals surface area (Å²) in [6, 6.07) is 16.9. The molecule has 0 saturated heterocycles. The van der Waals surface area contributed by atoms with Crippen LogP contribution in [0.4, 0.5) is 0 Å². The summed E-state index contributed by atoms with van der Waals surface area (Å²) in [7, 11) is 4.59. The Hall–Kier alpha value is -1.60. The second-order valence-corrected chi connectivity index (χ2v) is 11.7. The summed E-state index contributed by atoms with van der Waals surface area (Å²) >= 11 is 0. The lowest BCUT2D eigenvalue weighted by Crippen LogP contribution is -2.49. The lowest BCUT2D eigenvalue weighted by molar-refractivity contribution is -0.0482. The lowest BCUT2D eigenvalue weighted by atomic mass is 9.49. The Balaban J connectivity index is 1.25. The summed E-state index contributed by atoms with van der Waals surface area (Å²) in [5.41, 5.74) is 3.54. The molecular formula is C30H39N. The van der Waals surface area contributed by atoms with E-state index in [1.807, 2.05) is 0 Å². The first kappa shape index (κ1) is 20.0. The van der Waals surface area contributed by atoms with Crippen molar-refractivity contribution in [1.82, 2.24) is 4.90 Å². The number of nitrogens with zero attached hydrogens (tertiary/aromatic N) is 1. The third-order valence-electron chi connectivity index (χ3n) is 10.3. The van der Waals surface area contributed by atoms with Crippen LogP contribution in [0.25, 0.3) is 16.3 Å². The predicted octanol–water partition coefficient (Wildman–Crippen LogP) is 7.42. The fourth-order valence-corrected chi connectivity index (χ4v) is 8.67. The first-order valence-electron chi connectivity index (χ1n) is 12.9. The minimum absolute atomic E-state index is 0.386. The first-order chi connectivity index (χ1) is 15.0. The van der Waals surface area contributed by atoms with Gasteiger partial charge in [0.15, 0.2) is 0 Å². The van der Waals surface area contributed by atoms with Crippen molar-refractivity contribution < 1.29 is 0 Å². The average molecular weight is 414 g/mol. The van der Waals surface area contributed by atoms with E-state index in [2.05, 4.69) is 74.5 Å². The molecule has 0 amide bonds. The number of benzene rings is 2. The van der Waals surface area contributed by atoms with E-state index in [1.165, 1.54) is 67.7 Å². The summed E-state index contributed by atoms with van der Waals surface area (Å²) in [5, 5.41) is 2.75.